The molecule has 1 N–H and O–H groups in total. The molecule has 114 valence electrons. The van der Waals surface area contributed by atoms with Crippen molar-refractivity contribution in [3.05, 3.63) is 35.4 Å². The number of nitrogens with one attached hydrogen (secondary N) is 1. The van der Waals surface area contributed by atoms with Crippen molar-refractivity contribution < 1.29 is 8.78 Å². The monoisotopic (exact) mass is 324 g/mol. The molecule has 2 fully saturated rings. The van der Waals surface area contributed by atoms with Crippen LogP contribution >= 0.6 is 24.8 Å². The van der Waals surface area contributed by atoms with Gasteiger partial charge < -0.3 is 5.32 Å². The minimum atomic E-state index is -0.494. The van der Waals surface area contributed by atoms with E-state index in [9.17, 15) is 8.78 Å². The summed E-state index contributed by atoms with van der Waals surface area (Å²) in [6.45, 7) is 3.79. The van der Waals surface area contributed by atoms with E-state index >= 15 is 0 Å². The fourth-order valence-electron chi connectivity index (χ4n) is 2.86. The quantitative estimate of drug-likeness (QED) is 0.918. The van der Waals surface area contributed by atoms with Crippen LogP contribution in [0.2, 0.25) is 0 Å². The summed E-state index contributed by atoms with van der Waals surface area (Å²) in [7, 11) is 0. The van der Waals surface area contributed by atoms with Gasteiger partial charge in [0.1, 0.15) is 11.6 Å². The Morgan fingerprint density at radius 1 is 1.10 bits per heavy atom. The van der Waals surface area contributed by atoms with E-state index in [-0.39, 0.29) is 30.9 Å². The van der Waals surface area contributed by atoms with E-state index in [1.54, 1.807) is 6.07 Å². The molecule has 0 aromatic heterocycles. The Kier molecular flexibility index (Phi) is 6.65. The van der Waals surface area contributed by atoms with Crippen LogP contribution in [0.4, 0.5) is 8.78 Å². The van der Waals surface area contributed by atoms with Gasteiger partial charge in [-0.25, -0.2) is 8.78 Å². The zero-order valence-electron chi connectivity index (χ0n) is 11.1. The molecule has 1 aliphatic heterocycles. The summed E-state index contributed by atoms with van der Waals surface area (Å²) in [5, 5.41) is 3.31. The van der Waals surface area contributed by atoms with Crippen molar-refractivity contribution in [2.24, 2.45) is 5.92 Å². The van der Waals surface area contributed by atoms with Crippen LogP contribution in [0, 0.1) is 17.6 Å². The first-order valence-corrected chi connectivity index (χ1v) is 6.65. The maximum Gasteiger partial charge on any atom is 0.130 e. The number of piperazine rings is 1. The molecule has 1 aliphatic carbocycles. The van der Waals surface area contributed by atoms with Crippen molar-refractivity contribution in [2.45, 2.75) is 18.9 Å². The second kappa shape index (κ2) is 7.55. The number of hydrogen-bond donors (Lipinski definition) is 1. The first kappa shape index (κ1) is 17.6. The molecular formula is C14H20Cl2F2N2. The second-order valence-corrected chi connectivity index (χ2v) is 5.23. The molecule has 3 rings (SSSR count). The van der Waals surface area contributed by atoms with Gasteiger partial charge in [-0.3, -0.25) is 4.90 Å². The topological polar surface area (TPSA) is 15.3 Å². The van der Waals surface area contributed by atoms with Crippen molar-refractivity contribution in [3.8, 4) is 0 Å². The van der Waals surface area contributed by atoms with Crippen molar-refractivity contribution in [1.82, 2.24) is 10.2 Å². The Balaban J connectivity index is 0.000001000. The molecule has 1 heterocycles. The number of halogens is 4. The van der Waals surface area contributed by atoms with Crippen molar-refractivity contribution >= 4 is 24.8 Å². The van der Waals surface area contributed by atoms with E-state index in [0.29, 0.717) is 11.5 Å². The molecule has 2 aliphatic rings. The normalized spacial score (nSPS) is 20.7. The standard InChI is InChI=1S/C14H18F2N2.2ClH/c15-11-3-4-12(13(16)9-11)14(10-1-2-10)18-7-5-17-6-8-18;;/h3-4,9-10,14,17H,1-2,5-8H2;2*1H/t14-;;/m0../s1. The van der Waals surface area contributed by atoms with E-state index in [1.807, 2.05) is 0 Å². The van der Waals surface area contributed by atoms with Gasteiger partial charge in [-0.1, -0.05) is 6.07 Å². The summed E-state index contributed by atoms with van der Waals surface area (Å²) in [6, 6.07) is 4.13. The maximum atomic E-state index is 14.0. The van der Waals surface area contributed by atoms with Gasteiger partial charge in [-0.15, -0.1) is 24.8 Å². The van der Waals surface area contributed by atoms with E-state index in [2.05, 4.69) is 10.2 Å². The van der Waals surface area contributed by atoms with Crippen LogP contribution in [0.15, 0.2) is 18.2 Å². The van der Waals surface area contributed by atoms with E-state index in [4.69, 9.17) is 0 Å². The third kappa shape index (κ3) is 3.82. The van der Waals surface area contributed by atoms with Crippen molar-refractivity contribution in [1.29, 1.82) is 0 Å². The van der Waals surface area contributed by atoms with Gasteiger partial charge in [0, 0.05) is 43.9 Å². The second-order valence-electron chi connectivity index (χ2n) is 5.23. The van der Waals surface area contributed by atoms with Gasteiger partial charge in [0.05, 0.1) is 0 Å². The number of nitrogens with zero attached hydrogens (tertiary/aromatic N) is 1. The Morgan fingerprint density at radius 3 is 2.30 bits per heavy atom. The lowest BCUT2D eigenvalue weighted by atomic mass is 9.99. The summed E-state index contributed by atoms with van der Waals surface area (Å²) >= 11 is 0. The summed E-state index contributed by atoms with van der Waals surface area (Å²) in [4.78, 5) is 2.34. The van der Waals surface area contributed by atoms with E-state index < -0.39 is 11.6 Å². The highest BCUT2D eigenvalue weighted by Crippen LogP contribution is 2.45. The van der Waals surface area contributed by atoms with Gasteiger partial charge in [-0.2, -0.15) is 0 Å². The van der Waals surface area contributed by atoms with Gasteiger partial charge in [0.15, 0.2) is 0 Å². The fraction of sp³-hybridized carbons (Fsp3) is 0.571. The molecule has 6 heteroatoms. The lowest BCUT2D eigenvalue weighted by Gasteiger charge is -2.35. The molecule has 1 aromatic carbocycles. The van der Waals surface area contributed by atoms with Gasteiger partial charge in [-0.05, 0) is 24.8 Å². The molecule has 1 saturated carbocycles. The van der Waals surface area contributed by atoms with Crippen molar-refractivity contribution in [2.75, 3.05) is 26.2 Å². The zero-order valence-corrected chi connectivity index (χ0v) is 12.8. The highest BCUT2D eigenvalue weighted by atomic mass is 35.5. The first-order valence-electron chi connectivity index (χ1n) is 6.65. The summed E-state index contributed by atoms with van der Waals surface area (Å²) in [5.74, 6) is -0.348. The van der Waals surface area contributed by atoms with Crippen LogP contribution in [-0.4, -0.2) is 31.1 Å². The molecule has 0 bridgehead atoms. The average molecular weight is 325 g/mol. The fourth-order valence-corrected chi connectivity index (χ4v) is 2.86. The Hall–Kier alpha value is -0.420. The van der Waals surface area contributed by atoms with Crippen LogP contribution in [0.1, 0.15) is 24.4 Å². The van der Waals surface area contributed by atoms with Gasteiger partial charge in [0.2, 0.25) is 0 Å². The smallest absolute Gasteiger partial charge is 0.130 e. The molecule has 1 atom stereocenters. The Morgan fingerprint density at radius 2 is 1.75 bits per heavy atom. The highest BCUT2D eigenvalue weighted by Gasteiger charge is 2.38. The zero-order chi connectivity index (χ0) is 12.5. The lowest BCUT2D eigenvalue weighted by Crippen LogP contribution is -2.45. The minimum Gasteiger partial charge on any atom is -0.314 e. The summed E-state index contributed by atoms with van der Waals surface area (Å²) in [6.07, 6.45) is 2.32. The van der Waals surface area contributed by atoms with Crippen LogP contribution in [0.25, 0.3) is 0 Å². The molecule has 2 nitrogen and oxygen atoms in total. The predicted molar refractivity (Wildman–Crippen MR) is 80.8 cm³/mol. The molecule has 0 amide bonds. The molecular weight excluding hydrogens is 305 g/mol. The predicted octanol–water partition coefficient (Wildman–Crippen LogP) is 3.16. The molecule has 20 heavy (non-hydrogen) atoms. The maximum absolute atomic E-state index is 14.0. The van der Waals surface area contributed by atoms with Crippen LogP contribution in [-0.2, 0) is 0 Å². The van der Waals surface area contributed by atoms with E-state index in [1.165, 1.54) is 6.07 Å². The van der Waals surface area contributed by atoms with Crippen molar-refractivity contribution in [3.63, 3.8) is 0 Å². The molecule has 1 aromatic rings. The van der Waals surface area contributed by atoms with E-state index in [0.717, 1.165) is 45.1 Å². The molecule has 0 spiro atoms. The number of benzene rings is 1. The molecule has 0 unspecified atom stereocenters. The number of rotatable bonds is 3. The SMILES string of the molecule is Cl.Cl.Fc1ccc([C@H](C2CC2)N2CCNCC2)c(F)c1. The number of hydrogen-bond acceptors (Lipinski definition) is 2. The third-order valence-electron chi connectivity index (χ3n) is 3.89. The molecule has 1 saturated heterocycles. The summed E-state index contributed by atoms with van der Waals surface area (Å²) in [5.41, 5.74) is 0.667. The molecule has 0 radical (unpaired) electrons. The largest absolute Gasteiger partial charge is 0.314 e. The van der Waals surface area contributed by atoms with Gasteiger partial charge in [0.25, 0.3) is 0 Å². The third-order valence-corrected chi connectivity index (χ3v) is 3.89. The van der Waals surface area contributed by atoms with Crippen LogP contribution < -0.4 is 5.32 Å². The van der Waals surface area contributed by atoms with Crippen LogP contribution in [0.3, 0.4) is 0 Å². The van der Waals surface area contributed by atoms with Gasteiger partial charge >= 0.3 is 0 Å². The van der Waals surface area contributed by atoms with Crippen LogP contribution in [0.5, 0.6) is 0 Å². The Labute approximate surface area is 130 Å². The minimum absolute atomic E-state index is 0. The highest BCUT2D eigenvalue weighted by molar-refractivity contribution is 5.85. The lowest BCUT2D eigenvalue weighted by molar-refractivity contribution is 0.153. The Bertz CT molecular complexity index is 435. The average Bonchev–Trinajstić information content (AvgIpc) is 3.18. The summed E-state index contributed by atoms with van der Waals surface area (Å²) < 4.78 is 27.0. The first-order chi connectivity index (χ1) is 8.75.